The molecule has 0 aliphatic heterocycles. The Morgan fingerprint density at radius 2 is 1.93 bits per heavy atom. The lowest BCUT2D eigenvalue weighted by Crippen LogP contribution is -2.30. The quantitative estimate of drug-likeness (QED) is 0.480. The molecular formula is C17H22ClN5O2S3. The number of nitrogens with zero attached hydrogens (tertiary/aromatic N) is 5. The van der Waals surface area contributed by atoms with Crippen LogP contribution in [0.2, 0.25) is 4.34 Å². The maximum atomic E-state index is 12.8. The summed E-state index contributed by atoms with van der Waals surface area (Å²) in [7, 11) is -1.59. The van der Waals surface area contributed by atoms with Crippen LogP contribution in [0, 0.1) is 4.77 Å². The van der Waals surface area contributed by atoms with Gasteiger partial charge in [-0.2, -0.15) is 9.40 Å². The molecule has 0 N–H and O–H groups in total. The third-order valence-corrected chi connectivity index (χ3v) is 7.98. The highest BCUT2D eigenvalue weighted by molar-refractivity contribution is 7.89. The molecule has 0 amide bonds. The molecule has 7 nitrogen and oxygen atoms in total. The van der Waals surface area contributed by atoms with Crippen molar-refractivity contribution in [2.24, 2.45) is 0 Å². The molecule has 3 aromatic rings. The summed E-state index contributed by atoms with van der Waals surface area (Å²) in [6.45, 7) is 5.67. The monoisotopic (exact) mass is 459 g/mol. The lowest BCUT2D eigenvalue weighted by molar-refractivity contribution is 0.246. The van der Waals surface area contributed by atoms with Crippen molar-refractivity contribution in [3.8, 4) is 0 Å². The minimum absolute atomic E-state index is 0.209. The van der Waals surface area contributed by atoms with Crippen molar-refractivity contribution in [1.29, 1.82) is 0 Å². The first-order chi connectivity index (χ1) is 13.3. The van der Waals surface area contributed by atoms with E-state index in [0.717, 1.165) is 9.21 Å². The first-order valence-corrected chi connectivity index (χ1v) is 11.8. The molecule has 0 fully saturated rings. The highest BCUT2D eigenvalue weighted by Gasteiger charge is 2.22. The molecule has 0 bridgehead atoms. The smallest absolute Gasteiger partial charge is 0.244 e. The van der Waals surface area contributed by atoms with Crippen LogP contribution < -0.4 is 0 Å². The van der Waals surface area contributed by atoms with E-state index in [1.807, 2.05) is 33.0 Å². The predicted octanol–water partition coefficient (Wildman–Crippen LogP) is 3.70. The van der Waals surface area contributed by atoms with Gasteiger partial charge in [0.2, 0.25) is 14.8 Å². The van der Waals surface area contributed by atoms with Crippen LogP contribution in [-0.2, 0) is 23.2 Å². The third-order valence-electron chi connectivity index (χ3n) is 4.32. The average molecular weight is 460 g/mol. The van der Waals surface area contributed by atoms with E-state index < -0.39 is 10.0 Å². The average Bonchev–Trinajstić information content (AvgIpc) is 3.18. The van der Waals surface area contributed by atoms with Gasteiger partial charge in [0.1, 0.15) is 0 Å². The second kappa shape index (κ2) is 8.60. The Kier molecular flexibility index (Phi) is 6.58. The molecule has 3 heterocycles. The molecule has 152 valence electrons. The number of sulfonamides is 1. The Morgan fingerprint density at radius 3 is 2.54 bits per heavy atom. The van der Waals surface area contributed by atoms with Gasteiger partial charge in [0.15, 0.2) is 5.65 Å². The lowest BCUT2D eigenvalue weighted by atomic mass is 10.4. The number of thiophene rings is 1. The van der Waals surface area contributed by atoms with Crippen LogP contribution in [0.4, 0.5) is 0 Å². The van der Waals surface area contributed by atoms with E-state index in [2.05, 4.69) is 10.00 Å². The molecule has 3 rings (SSSR count). The van der Waals surface area contributed by atoms with Gasteiger partial charge >= 0.3 is 0 Å². The van der Waals surface area contributed by atoms with Crippen molar-refractivity contribution in [1.82, 2.24) is 23.4 Å². The summed E-state index contributed by atoms with van der Waals surface area (Å²) in [6.07, 6.45) is 1.55. The third kappa shape index (κ3) is 4.32. The van der Waals surface area contributed by atoms with Crippen molar-refractivity contribution in [3.05, 3.63) is 44.4 Å². The molecular weight excluding hydrogens is 438 g/mol. The molecule has 0 aliphatic rings. The minimum Gasteiger partial charge on any atom is -0.282 e. The second-order valence-electron chi connectivity index (χ2n) is 6.33. The first-order valence-electron chi connectivity index (χ1n) is 8.78. The van der Waals surface area contributed by atoms with Crippen molar-refractivity contribution in [2.75, 3.05) is 20.1 Å². The minimum atomic E-state index is -3.55. The Balaban J connectivity index is 1.88. The van der Waals surface area contributed by atoms with Gasteiger partial charge in [0.05, 0.1) is 15.9 Å². The topological polar surface area (TPSA) is 62.9 Å². The second-order valence-corrected chi connectivity index (χ2v) is 10.4. The van der Waals surface area contributed by atoms with Gasteiger partial charge in [-0.15, -0.1) is 11.3 Å². The summed E-state index contributed by atoms with van der Waals surface area (Å²) in [4.78, 5) is 3.43. The van der Waals surface area contributed by atoms with Crippen LogP contribution in [0.3, 0.4) is 0 Å². The van der Waals surface area contributed by atoms with Crippen LogP contribution >= 0.6 is 35.2 Å². The molecule has 11 heteroatoms. The van der Waals surface area contributed by atoms with Crippen molar-refractivity contribution < 1.29 is 8.42 Å². The summed E-state index contributed by atoms with van der Waals surface area (Å²) in [5, 5.41) is 4.51. The summed E-state index contributed by atoms with van der Waals surface area (Å²) in [6, 6.07) is 7.13. The van der Waals surface area contributed by atoms with E-state index >= 15 is 0 Å². The molecule has 0 aliphatic carbocycles. The maximum Gasteiger partial charge on any atom is 0.244 e. The van der Waals surface area contributed by atoms with Gasteiger partial charge in [0, 0.05) is 30.7 Å². The molecule has 0 saturated carbocycles. The van der Waals surface area contributed by atoms with Crippen LogP contribution in [-0.4, -0.2) is 51.9 Å². The Hall–Kier alpha value is -1.30. The van der Waals surface area contributed by atoms with Crippen LogP contribution in [0.15, 0.2) is 35.4 Å². The highest BCUT2D eigenvalue weighted by Crippen LogP contribution is 2.22. The van der Waals surface area contributed by atoms with E-state index in [1.165, 1.54) is 15.6 Å². The molecule has 0 radical (unpaired) electrons. The number of pyridine rings is 1. The Morgan fingerprint density at radius 1 is 1.21 bits per heavy atom. The fourth-order valence-electron chi connectivity index (χ4n) is 2.94. The SMILES string of the molecule is CCN(CC)S(=O)(=O)c1ccc2nn(CN(C)Cc3ccc(Cl)s3)c(=S)n2c1. The van der Waals surface area contributed by atoms with Gasteiger partial charge in [-0.1, -0.05) is 25.4 Å². The number of hydrogen-bond donors (Lipinski definition) is 0. The highest BCUT2D eigenvalue weighted by atomic mass is 35.5. The summed E-state index contributed by atoms with van der Waals surface area (Å²) < 4.78 is 31.5. The molecule has 0 saturated heterocycles. The summed E-state index contributed by atoms with van der Waals surface area (Å²) >= 11 is 13.1. The summed E-state index contributed by atoms with van der Waals surface area (Å²) in [5.74, 6) is 0. The first kappa shape index (κ1) is 21.4. The number of hydrogen-bond acceptors (Lipinski definition) is 6. The van der Waals surface area contributed by atoms with Crippen molar-refractivity contribution in [2.45, 2.75) is 32.0 Å². The number of fused-ring (bicyclic) bond motifs is 1. The van der Waals surface area contributed by atoms with E-state index in [4.69, 9.17) is 23.8 Å². The fraction of sp³-hybridized carbons (Fsp3) is 0.412. The predicted molar refractivity (Wildman–Crippen MR) is 115 cm³/mol. The largest absolute Gasteiger partial charge is 0.282 e. The van der Waals surface area contributed by atoms with E-state index in [9.17, 15) is 8.42 Å². The van der Waals surface area contributed by atoms with Crippen LogP contribution in [0.1, 0.15) is 18.7 Å². The van der Waals surface area contributed by atoms with Gasteiger partial charge in [-0.3, -0.25) is 9.30 Å². The Bertz CT molecular complexity index is 1130. The zero-order valence-corrected chi connectivity index (χ0v) is 19.1. The zero-order chi connectivity index (χ0) is 20.5. The van der Waals surface area contributed by atoms with E-state index in [0.29, 0.717) is 36.7 Å². The normalized spacial score (nSPS) is 12.5. The van der Waals surface area contributed by atoms with Gasteiger partial charge in [-0.05, 0) is 43.5 Å². The van der Waals surface area contributed by atoms with Crippen LogP contribution in [0.25, 0.3) is 5.65 Å². The molecule has 0 spiro atoms. The van der Waals surface area contributed by atoms with Crippen molar-refractivity contribution in [3.63, 3.8) is 0 Å². The Labute approximate surface area is 178 Å². The molecule has 3 aromatic heterocycles. The summed E-state index contributed by atoms with van der Waals surface area (Å²) in [5.41, 5.74) is 0.607. The van der Waals surface area contributed by atoms with Crippen molar-refractivity contribution >= 4 is 50.8 Å². The molecule has 28 heavy (non-hydrogen) atoms. The lowest BCUT2D eigenvalue weighted by Gasteiger charge is -2.18. The molecule has 0 unspecified atom stereocenters. The van der Waals surface area contributed by atoms with Gasteiger partial charge in [-0.25, -0.2) is 13.1 Å². The van der Waals surface area contributed by atoms with Gasteiger partial charge < -0.3 is 0 Å². The number of halogens is 1. The number of aromatic nitrogens is 3. The molecule has 0 atom stereocenters. The molecule has 0 aromatic carbocycles. The van der Waals surface area contributed by atoms with E-state index in [-0.39, 0.29) is 4.90 Å². The fourth-order valence-corrected chi connectivity index (χ4v) is 5.81. The zero-order valence-electron chi connectivity index (χ0n) is 15.9. The maximum absolute atomic E-state index is 12.8. The van der Waals surface area contributed by atoms with Crippen LogP contribution in [0.5, 0.6) is 0 Å². The van der Waals surface area contributed by atoms with E-state index in [1.54, 1.807) is 27.4 Å². The number of rotatable bonds is 8. The van der Waals surface area contributed by atoms with Gasteiger partial charge in [0.25, 0.3) is 0 Å². The standard InChI is InChI=1S/C17H22ClN5O2S3/c1-4-21(5-2)28(24,25)14-7-9-16-19-23(17(26)22(16)11-14)12-20(3)10-13-6-8-15(18)27-13/h6-9,11H,4-5,10,12H2,1-3H3.